The van der Waals surface area contributed by atoms with Gasteiger partial charge in [0.05, 0.1) is 0 Å². The third kappa shape index (κ3) is 1.15. The van der Waals surface area contributed by atoms with E-state index in [0.29, 0.717) is 6.54 Å². The normalized spacial score (nSPS) is 10.8. The molecule has 0 saturated heterocycles. The van der Waals surface area contributed by atoms with E-state index in [1.54, 1.807) is 0 Å². The van der Waals surface area contributed by atoms with Gasteiger partial charge >= 0.3 is 0 Å². The van der Waals surface area contributed by atoms with E-state index in [1.165, 1.54) is 5.39 Å². The standard InChI is InChI=1S/C9H9BrN2/c10-8-3-6(5-11)4-9-7(8)1-2-12-9/h1-4,12H,5,11H2. The van der Waals surface area contributed by atoms with Crippen molar-refractivity contribution in [2.75, 3.05) is 0 Å². The molecule has 0 bridgehead atoms. The smallest absolute Gasteiger partial charge is 0.0468 e. The highest BCUT2D eigenvalue weighted by Gasteiger charge is 2.00. The molecule has 2 aromatic rings. The zero-order chi connectivity index (χ0) is 8.55. The summed E-state index contributed by atoms with van der Waals surface area (Å²) in [6.07, 6.45) is 1.93. The molecule has 0 radical (unpaired) electrons. The topological polar surface area (TPSA) is 41.8 Å². The summed E-state index contributed by atoms with van der Waals surface area (Å²) in [6.45, 7) is 0.577. The van der Waals surface area contributed by atoms with Gasteiger partial charge in [0.2, 0.25) is 0 Å². The molecule has 62 valence electrons. The lowest BCUT2D eigenvalue weighted by molar-refractivity contribution is 1.07. The van der Waals surface area contributed by atoms with Gasteiger partial charge < -0.3 is 10.7 Å². The number of nitrogens with two attached hydrogens (primary N) is 1. The van der Waals surface area contributed by atoms with Gasteiger partial charge in [-0.15, -0.1) is 0 Å². The van der Waals surface area contributed by atoms with Gasteiger partial charge in [-0.2, -0.15) is 0 Å². The van der Waals surface area contributed by atoms with E-state index >= 15 is 0 Å². The van der Waals surface area contributed by atoms with E-state index in [-0.39, 0.29) is 0 Å². The molecule has 1 heterocycles. The van der Waals surface area contributed by atoms with Crippen LogP contribution >= 0.6 is 15.9 Å². The lowest BCUT2D eigenvalue weighted by atomic mass is 10.2. The maximum Gasteiger partial charge on any atom is 0.0468 e. The molecule has 0 aliphatic carbocycles. The van der Waals surface area contributed by atoms with Crippen LogP contribution in [0.2, 0.25) is 0 Å². The number of H-pyrrole nitrogens is 1. The molecule has 3 N–H and O–H groups in total. The summed E-state index contributed by atoms with van der Waals surface area (Å²) in [7, 11) is 0. The van der Waals surface area contributed by atoms with Crippen LogP contribution in [0.5, 0.6) is 0 Å². The van der Waals surface area contributed by atoms with Crippen molar-refractivity contribution in [2.45, 2.75) is 6.54 Å². The molecule has 2 rings (SSSR count). The molecule has 2 nitrogen and oxygen atoms in total. The molecule has 12 heavy (non-hydrogen) atoms. The van der Waals surface area contributed by atoms with Crippen LogP contribution in [0.4, 0.5) is 0 Å². The van der Waals surface area contributed by atoms with Crippen LogP contribution in [-0.4, -0.2) is 4.98 Å². The number of halogens is 1. The first-order valence-corrected chi connectivity index (χ1v) is 4.56. The fourth-order valence-electron chi connectivity index (χ4n) is 1.30. The van der Waals surface area contributed by atoms with Crippen LogP contribution in [0.1, 0.15) is 5.56 Å². The highest BCUT2D eigenvalue weighted by Crippen LogP contribution is 2.24. The Bertz CT molecular complexity index is 406. The van der Waals surface area contributed by atoms with Crippen LogP contribution in [0.25, 0.3) is 10.9 Å². The molecule has 0 atom stereocenters. The van der Waals surface area contributed by atoms with Crippen LogP contribution < -0.4 is 5.73 Å². The molecule has 0 spiro atoms. The van der Waals surface area contributed by atoms with E-state index in [9.17, 15) is 0 Å². The predicted molar refractivity (Wildman–Crippen MR) is 53.9 cm³/mol. The van der Waals surface area contributed by atoms with Gasteiger partial charge in [0.1, 0.15) is 0 Å². The van der Waals surface area contributed by atoms with Crippen molar-refractivity contribution in [1.82, 2.24) is 4.98 Å². The summed E-state index contributed by atoms with van der Waals surface area (Å²) in [5.41, 5.74) is 7.81. The summed E-state index contributed by atoms with van der Waals surface area (Å²) in [5.74, 6) is 0. The number of hydrogen-bond acceptors (Lipinski definition) is 1. The molecule has 0 amide bonds. The Morgan fingerprint density at radius 2 is 2.25 bits per heavy atom. The minimum Gasteiger partial charge on any atom is -0.361 e. The average Bonchev–Trinajstić information content (AvgIpc) is 2.52. The number of aromatic nitrogens is 1. The summed E-state index contributed by atoms with van der Waals surface area (Å²) in [4.78, 5) is 3.15. The number of aromatic amines is 1. The molecule has 0 fully saturated rings. The van der Waals surface area contributed by atoms with Crippen molar-refractivity contribution in [2.24, 2.45) is 5.73 Å². The Labute approximate surface area is 78.9 Å². The minimum atomic E-state index is 0.577. The molecular weight excluding hydrogens is 216 g/mol. The fourth-order valence-corrected chi connectivity index (χ4v) is 1.94. The van der Waals surface area contributed by atoms with Crippen LogP contribution in [-0.2, 0) is 6.54 Å². The van der Waals surface area contributed by atoms with Crippen molar-refractivity contribution in [3.63, 3.8) is 0 Å². The van der Waals surface area contributed by atoms with Crippen molar-refractivity contribution in [3.8, 4) is 0 Å². The van der Waals surface area contributed by atoms with Gasteiger partial charge in [-0.1, -0.05) is 15.9 Å². The van der Waals surface area contributed by atoms with E-state index in [0.717, 1.165) is 15.6 Å². The van der Waals surface area contributed by atoms with Gasteiger partial charge in [-0.3, -0.25) is 0 Å². The van der Waals surface area contributed by atoms with Gasteiger partial charge in [0.15, 0.2) is 0 Å². The predicted octanol–water partition coefficient (Wildman–Crippen LogP) is 2.39. The van der Waals surface area contributed by atoms with E-state index in [1.807, 2.05) is 12.3 Å². The monoisotopic (exact) mass is 224 g/mol. The average molecular weight is 225 g/mol. The largest absolute Gasteiger partial charge is 0.361 e. The third-order valence-corrected chi connectivity index (χ3v) is 2.57. The van der Waals surface area contributed by atoms with Crippen molar-refractivity contribution in [3.05, 3.63) is 34.4 Å². The fraction of sp³-hybridized carbons (Fsp3) is 0.111. The van der Waals surface area contributed by atoms with Gasteiger partial charge in [-0.25, -0.2) is 0 Å². The molecule has 1 aromatic heterocycles. The summed E-state index contributed by atoms with van der Waals surface area (Å²) in [6, 6.07) is 6.16. The second-order valence-corrected chi connectivity index (χ2v) is 3.58. The molecule has 0 aliphatic rings. The Balaban J connectivity index is 2.75. The Hall–Kier alpha value is -0.800. The highest BCUT2D eigenvalue weighted by molar-refractivity contribution is 9.10. The molecule has 3 heteroatoms. The Morgan fingerprint density at radius 1 is 1.42 bits per heavy atom. The second-order valence-electron chi connectivity index (χ2n) is 2.72. The summed E-state index contributed by atoms with van der Waals surface area (Å²) >= 11 is 3.49. The van der Waals surface area contributed by atoms with Crippen LogP contribution in [0.3, 0.4) is 0 Å². The molecule has 0 unspecified atom stereocenters. The Kier molecular flexibility index (Phi) is 1.90. The van der Waals surface area contributed by atoms with Crippen molar-refractivity contribution >= 4 is 26.8 Å². The molecule has 0 aliphatic heterocycles. The number of hydrogen-bond donors (Lipinski definition) is 2. The second kappa shape index (κ2) is 2.92. The third-order valence-electron chi connectivity index (χ3n) is 1.91. The first-order valence-electron chi connectivity index (χ1n) is 3.77. The van der Waals surface area contributed by atoms with Gasteiger partial charge in [-0.05, 0) is 23.8 Å². The maximum atomic E-state index is 5.54. The maximum absolute atomic E-state index is 5.54. The number of rotatable bonds is 1. The quantitative estimate of drug-likeness (QED) is 0.768. The lowest BCUT2D eigenvalue weighted by Gasteiger charge is -1.99. The van der Waals surface area contributed by atoms with Crippen molar-refractivity contribution < 1.29 is 0 Å². The van der Waals surface area contributed by atoms with E-state index in [2.05, 4.69) is 33.0 Å². The number of fused-ring (bicyclic) bond motifs is 1. The first kappa shape index (κ1) is 7.83. The number of benzene rings is 1. The van der Waals surface area contributed by atoms with Gasteiger partial charge in [0, 0.05) is 28.1 Å². The highest BCUT2D eigenvalue weighted by atomic mass is 79.9. The molecule has 1 aromatic carbocycles. The zero-order valence-corrected chi connectivity index (χ0v) is 8.06. The molecule has 0 saturated carbocycles. The first-order chi connectivity index (χ1) is 5.81. The number of nitrogens with one attached hydrogen (secondary N) is 1. The zero-order valence-electron chi connectivity index (χ0n) is 6.47. The van der Waals surface area contributed by atoms with E-state index in [4.69, 9.17) is 5.73 Å². The van der Waals surface area contributed by atoms with Gasteiger partial charge in [0.25, 0.3) is 0 Å². The summed E-state index contributed by atoms with van der Waals surface area (Å²) < 4.78 is 1.10. The SMILES string of the molecule is NCc1cc(Br)c2cc[nH]c2c1. The minimum absolute atomic E-state index is 0.577. The Morgan fingerprint density at radius 3 is 3.00 bits per heavy atom. The van der Waals surface area contributed by atoms with Crippen LogP contribution in [0.15, 0.2) is 28.9 Å². The summed E-state index contributed by atoms with van der Waals surface area (Å²) in [5, 5.41) is 1.20. The molecular formula is C9H9BrN2. The van der Waals surface area contributed by atoms with E-state index < -0.39 is 0 Å². The lowest BCUT2D eigenvalue weighted by Crippen LogP contribution is -1.95. The van der Waals surface area contributed by atoms with Crippen LogP contribution in [0, 0.1) is 0 Å². The van der Waals surface area contributed by atoms with Crippen molar-refractivity contribution in [1.29, 1.82) is 0 Å².